The second-order valence-electron chi connectivity index (χ2n) is 5.41. The van der Waals surface area contributed by atoms with Crippen molar-refractivity contribution >= 4 is 28.5 Å². The summed E-state index contributed by atoms with van der Waals surface area (Å²) in [5, 5.41) is 12.0. The van der Waals surface area contributed by atoms with E-state index in [4.69, 9.17) is 4.74 Å². The maximum Gasteiger partial charge on any atom is 0.413 e. The van der Waals surface area contributed by atoms with Crippen LogP contribution in [0.15, 0.2) is 30.3 Å². The van der Waals surface area contributed by atoms with Crippen molar-refractivity contribution in [2.75, 3.05) is 5.32 Å². The van der Waals surface area contributed by atoms with Crippen molar-refractivity contribution < 1.29 is 19.4 Å². The highest BCUT2D eigenvalue weighted by Crippen LogP contribution is 2.32. The molecule has 2 rings (SSSR count). The summed E-state index contributed by atoms with van der Waals surface area (Å²) in [7, 11) is 0. The molecule has 2 aromatic rings. The number of benzene rings is 1. The van der Waals surface area contributed by atoms with Gasteiger partial charge in [0.1, 0.15) is 6.61 Å². The Hall–Kier alpha value is -2.41. The third-order valence-corrected chi connectivity index (χ3v) is 4.65. The smallest absolute Gasteiger partial charge is 0.413 e. The maximum atomic E-state index is 11.9. The molecule has 7 heteroatoms. The van der Waals surface area contributed by atoms with Gasteiger partial charge in [-0.1, -0.05) is 50.6 Å². The molecular formula is C17H20N2O4S. The summed E-state index contributed by atoms with van der Waals surface area (Å²) >= 11 is 1.18. The van der Waals surface area contributed by atoms with Gasteiger partial charge in [-0.2, -0.15) is 0 Å². The monoisotopic (exact) mass is 348 g/mol. The van der Waals surface area contributed by atoms with Crippen molar-refractivity contribution in [3.05, 3.63) is 46.5 Å². The van der Waals surface area contributed by atoms with E-state index in [1.54, 1.807) is 0 Å². The average Bonchev–Trinajstić information content (AvgIpc) is 2.98. The summed E-state index contributed by atoms with van der Waals surface area (Å²) in [4.78, 5) is 27.9. The van der Waals surface area contributed by atoms with Crippen molar-refractivity contribution in [3.63, 3.8) is 0 Å². The first-order chi connectivity index (χ1) is 11.5. The van der Waals surface area contributed by atoms with Gasteiger partial charge in [-0.05, 0) is 17.9 Å². The molecule has 1 amide bonds. The highest BCUT2D eigenvalue weighted by Gasteiger charge is 2.22. The van der Waals surface area contributed by atoms with Crippen LogP contribution in [0.3, 0.4) is 0 Å². The predicted molar refractivity (Wildman–Crippen MR) is 92.6 cm³/mol. The van der Waals surface area contributed by atoms with E-state index in [-0.39, 0.29) is 23.4 Å². The zero-order chi connectivity index (χ0) is 17.5. The molecule has 0 bridgehead atoms. The van der Waals surface area contributed by atoms with Crippen LogP contribution in [0, 0.1) is 0 Å². The first kappa shape index (κ1) is 17.9. The number of hydrogen-bond acceptors (Lipinski definition) is 5. The summed E-state index contributed by atoms with van der Waals surface area (Å²) in [6.45, 7) is 4.14. The number of carboxylic acids is 1. The van der Waals surface area contributed by atoms with E-state index in [9.17, 15) is 14.7 Å². The number of carbonyl (C=O) groups is 2. The summed E-state index contributed by atoms with van der Waals surface area (Å²) in [5.74, 6) is -1.01. The van der Waals surface area contributed by atoms with Gasteiger partial charge in [0.25, 0.3) is 0 Å². The standard InChI is InChI=1S/C17H20N2O4S/c1-3-7-11(2)14-13(15(20)21)18-16(24-14)19-17(22)23-10-12-8-5-4-6-9-12/h4-6,8-9,11H,3,7,10H2,1-2H3,(H,20,21)(H,18,19,22). The maximum absolute atomic E-state index is 11.9. The number of carbonyl (C=O) groups excluding carboxylic acids is 1. The van der Waals surface area contributed by atoms with Crippen LogP contribution in [0.25, 0.3) is 0 Å². The van der Waals surface area contributed by atoms with Gasteiger partial charge in [-0.3, -0.25) is 5.32 Å². The third kappa shape index (κ3) is 4.79. The molecular weight excluding hydrogens is 328 g/mol. The van der Waals surface area contributed by atoms with Crippen molar-refractivity contribution in [2.45, 2.75) is 39.2 Å². The number of aromatic nitrogens is 1. The summed E-state index contributed by atoms with van der Waals surface area (Å²) in [5.41, 5.74) is 0.870. The fourth-order valence-corrected chi connectivity index (χ4v) is 3.31. The molecule has 24 heavy (non-hydrogen) atoms. The molecule has 1 heterocycles. The Morgan fingerprint density at radius 2 is 2.04 bits per heavy atom. The number of anilines is 1. The van der Waals surface area contributed by atoms with Gasteiger partial charge in [0.05, 0.1) is 0 Å². The average molecular weight is 348 g/mol. The molecule has 0 radical (unpaired) electrons. The summed E-state index contributed by atoms with van der Waals surface area (Å²) in [6.07, 6.45) is 1.15. The Balaban J connectivity index is 2.02. The first-order valence-corrected chi connectivity index (χ1v) is 8.54. The largest absolute Gasteiger partial charge is 0.476 e. The normalized spacial score (nSPS) is 11.8. The summed E-state index contributed by atoms with van der Waals surface area (Å²) in [6, 6.07) is 9.30. The highest BCUT2D eigenvalue weighted by atomic mass is 32.1. The lowest BCUT2D eigenvalue weighted by Gasteiger charge is -2.07. The molecule has 0 spiro atoms. The lowest BCUT2D eigenvalue weighted by Crippen LogP contribution is -2.13. The highest BCUT2D eigenvalue weighted by molar-refractivity contribution is 7.16. The summed E-state index contributed by atoms with van der Waals surface area (Å²) < 4.78 is 5.12. The van der Waals surface area contributed by atoms with Crippen molar-refractivity contribution in [2.24, 2.45) is 0 Å². The minimum absolute atomic E-state index is 0.000639. The van der Waals surface area contributed by atoms with Crippen LogP contribution in [-0.2, 0) is 11.3 Å². The number of thiazole rings is 1. The van der Waals surface area contributed by atoms with E-state index < -0.39 is 12.1 Å². The molecule has 1 aromatic carbocycles. The van der Waals surface area contributed by atoms with Gasteiger partial charge in [-0.25, -0.2) is 14.6 Å². The fourth-order valence-electron chi connectivity index (χ4n) is 2.28. The second-order valence-corrected chi connectivity index (χ2v) is 6.44. The third-order valence-electron chi connectivity index (χ3n) is 3.45. The van der Waals surface area contributed by atoms with Gasteiger partial charge in [0.2, 0.25) is 0 Å². The molecule has 2 N–H and O–H groups in total. The number of nitrogens with zero attached hydrogens (tertiary/aromatic N) is 1. The number of amides is 1. The van der Waals surface area contributed by atoms with E-state index in [0.29, 0.717) is 4.88 Å². The topological polar surface area (TPSA) is 88.5 Å². The number of aromatic carboxylic acids is 1. The minimum atomic E-state index is -1.09. The fraction of sp³-hybridized carbons (Fsp3) is 0.353. The van der Waals surface area contributed by atoms with Crippen LogP contribution in [0.1, 0.15) is 53.5 Å². The van der Waals surface area contributed by atoms with Gasteiger partial charge in [0.15, 0.2) is 10.8 Å². The number of nitrogens with one attached hydrogen (secondary N) is 1. The molecule has 6 nitrogen and oxygen atoms in total. The van der Waals surface area contributed by atoms with E-state index in [2.05, 4.69) is 10.3 Å². The molecule has 0 aliphatic carbocycles. The molecule has 0 fully saturated rings. The Morgan fingerprint density at radius 3 is 2.67 bits per heavy atom. The van der Waals surface area contributed by atoms with E-state index in [1.165, 1.54) is 11.3 Å². The Bertz CT molecular complexity index is 700. The SMILES string of the molecule is CCCC(C)c1sc(NC(=O)OCc2ccccc2)nc1C(=O)O. The van der Waals surface area contributed by atoms with Crippen molar-refractivity contribution in [3.8, 4) is 0 Å². The minimum Gasteiger partial charge on any atom is -0.476 e. The van der Waals surface area contributed by atoms with Gasteiger partial charge >= 0.3 is 12.1 Å². The molecule has 128 valence electrons. The lowest BCUT2D eigenvalue weighted by molar-refractivity contribution is 0.0689. The number of carboxylic acid groups (broad SMARTS) is 1. The number of hydrogen-bond donors (Lipinski definition) is 2. The predicted octanol–water partition coefficient (Wildman–Crippen LogP) is 4.49. The van der Waals surface area contributed by atoms with Crippen LogP contribution in [0.4, 0.5) is 9.93 Å². The molecule has 1 unspecified atom stereocenters. The van der Waals surface area contributed by atoms with Crippen LogP contribution in [0.5, 0.6) is 0 Å². The molecule has 0 saturated carbocycles. The van der Waals surface area contributed by atoms with Crippen LogP contribution < -0.4 is 5.32 Å². The molecule has 0 saturated heterocycles. The zero-order valence-corrected chi connectivity index (χ0v) is 14.4. The first-order valence-electron chi connectivity index (χ1n) is 7.73. The molecule has 1 aromatic heterocycles. The van der Waals surface area contributed by atoms with Crippen LogP contribution in [0.2, 0.25) is 0 Å². The van der Waals surface area contributed by atoms with Gasteiger partial charge in [-0.15, -0.1) is 11.3 Å². The number of rotatable bonds is 7. The van der Waals surface area contributed by atoms with E-state index >= 15 is 0 Å². The molecule has 0 aliphatic rings. The Morgan fingerprint density at radius 1 is 1.33 bits per heavy atom. The van der Waals surface area contributed by atoms with Crippen LogP contribution in [-0.4, -0.2) is 22.2 Å². The van der Waals surface area contributed by atoms with E-state index in [1.807, 2.05) is 44.2 Å². The molecule has 1 atom stereocenters. The molecule has 0 aliphatic heterocycles. The lowest BCUT2D eigenvalue weighted by atomic mass is 10.0. The number of ether oxygens (including phenoxy) is 1. The Labute approximate surface area is 144 Å². The quantitative estimate of drug-likeness (QED) is 0.769. The van der Waals surface area contributed by atoms with Gasteiger partial charge in [0, 0.05) is 4.88 Å². The Kier molecular flexibility index (Phi) is 6.31. The van der Waals surface area contributed by atoms with Crippen molar-refractivity contribution in [1.29, 1.82) is 0 Å². The second kappa shape index (κ2) is 8.44. The van der Waals surface area contributed by atoms with Crippen LogP contribution >= 0.6 is 11.3 Å². The zero-order valence-electron chi connectivity index (χ0n) is 13.6. The van der Waals surface area contributed by atoms with Gasteiger partial charge < -0.3 is 9.84 Å². The van der Waals surface area contributed by atoms with Crippen molar-refractivity contribution in [1.82, 2.24) is 4.98 Å². The van der Waals surface area contributed by atoms with E-state index in [0.717, 1.165) is 18.4 Å².